The number of fused-ring (bicyclic) bond motifs is 2. The molecule has 3 aromatic heterocycles. The van der Waals surface area contributed by atoms with Gasteiger partial charge in [-0.15, -0.1) is 11.3 Å². The summed E-state index contributed by atoms with van der Waals surface area (Å²) in [5.74, 6) is 1.82. The Bertz CT molecular complexity index is 1360. The molecule has 31 heavy (non-hydrogen) atoms. The maximum atomic E-state index is 5.01. The van der Waals surface area contributed by atoms with Crippen molar-refractivity contribution in [3.63, 3.8) is 0 Å². The van der Waals surface area contributed by atoms with Crippen LogP contribution in [-0.4, -0.2) is 46.1 Å². The monoisotopic (exact) mass is 424 g/mol. The third-order valence-electron chi connectivity index (χ3n) is 5.74. The molecule has 1 saturated heterocycles. The van der Waals surface area contributed by atoms with E-state index in [1.807, 2.05) is 18.2 Å². The van der Waals surface area contributed by atoms with Crippen LogP contribution in [0.3, 0.4) is 0 Å². The fraction of sp³-hybridized carbons (Fsp3) is 0.167. The first-order chi connectivity index (χ1) is 15.4. The molecule has 6 nitrogen and oxygen atoms in total. The molecule has 1 aliphatic rings. The van der Waals surface area contributed by atoms with E-state index in [0.717, 1.165) is 70.3 Å². The van der Waals surface area contributed by atoms with Gasteiger partial charge >= 0.3 is 0 Å². The highest BCUT2D eigenvalue weighted by atomic mass is 32.1. The summed E-state index contributed by atoms with van der Waals surface area (Å²) in [4.78, 5) is 24.5. The highest BCUT2D eigenvalue weighted by Crippen LogP contribution is 2.30. The minimum atomic E-state index is 0.792. The number of hydrogen-bond acceptors (Lipinski definition) is 7. The first-order valence-electron chi connectivity index (χ1n) is 10.4. The molecule has 0 amide bonds. The van der Waals surface area contributed by atoms with E-state index < -0.39 is 0 Å². The summed E-state index contributed by atoms with van der Waals surface area (Å²) in [5.41, 5.74) is 3.07. The van der Waals surface area contributed by atoms with E-state index in [4.69, 9.17) is 9.97 Å². The molecule has 0 saturated carbocycles. The normalized spacial score (nSPS) is 14.5. The van der Waals surface area contributed by atoms with E-state index in [2.05, 4.69) is 67.6 Å². The van der Waals surface area contributed by atoms with E-state index >= 15 is 0 Å². The fourth-order valence-corrected chi connectivity index (χ4v) is 4.90. The summed E-state index contributed by atoms with van der Waals surface area (Å²) in [7, 11) is 0. The zero-order valence-corrected chi connectivity index (χ0v) is 17.7. The van der Waals surface area contributed by atoms with Gasteiger partial charge in [-0.3, -0.25) is 0 Å². The molecule has 5 aromatic rings. The van der Waals surface area contributed by atoms with Crippen LogP contribution in [0.1, 0.15) is 0 Å². The van der Waals surface area contributed by atoms with Crippen LogP contribution in [-0.2, 0) is 0 Å². The van der Waals surface area contributed by atoms with E-state index in [9.17, 15) is 0 Å². The Morgan fingerprint density at radius 2 is 1.48 bits per heavy atom. The Hall–Kier alpha value is -3.58. The first kappa shape index (κ1) is 18.2. The van der Waals surface area contributed by atoms with Crippen molar-refractivity contribution in [2.45, 2.75) is 0 Å². The molecule has 6 rings (SSSR count). The molecular formula is C24H20N6S. The van der Waals surface area contributed by atoms with Crippen molar-refractivity contribution < 1.29 is 0 Å². The van der Waals surface area contributed by atoms with E-state index in [0.29, 0.717) is 0 Å². The number of rotatable bonds is 3. The smallest absolute Gasteiger partial charge is 0.226 e. The lowest BCUT2D eigenvalue weighted by Crippen LogP contribution is -2.47. The maximum Gasteiger partial charge on any atom is 0.226 e. The van der Waals surface area contributed by atoms with Crippen LogP contribution in [0.5, 0.6) is 0 Å². The fourth-order valence-electron chi connectivity index (χ4n) is 4.17. The molecule has 0 radical (unpaired) electrons. The number of hydrogen-bond donors (Lipinski definition) is 0. The van der Waals surface area contributed by atoms with Gasteiger partial charge in [-0.2, -0.15) is 0 Å². The molecule has 152 valence electrons. The highest BCUT2D eigenvalue weighted by Gasteiger charge is 2.23. The second kappa shape index (κ2) is 7.59. The molecule has 4 heterocycles. The maximum absolute atomic E-state index is 5.01. The van der Waals surface area contributed by atoms with Crippen LogP contribution in [0, 0.1) is 0 Å². The van der Waals surface area contributed by atoms with Gasteiger partial charge in [0.15, 0.2) is 0 Å². The number of piperazine rings is 1. The van der Waals surface area contributed by atoms with Gasteiger partial charge in [0.05, 0.1) is 16.6 Å². The van der Waals surface area contributed by atoms with Crippen molar-refractivity contribution in [1.82, 2.24) is 19.9 Å². The molecule has 1 aliphatic heterocycles. The second-order valence-electron chi connectivity index (χ2n) is 7.57. The van der Waals surface area contributed by atoms with E-state index in [1.165, 1.54) is 0 Å². The van der Waals surface area contributed by atoms with E-state index in [1.54, 1.807) is 17.7 Å². The molecule has 0 N–H and O–H groups in total. The van der Waals surface area contributed by atoms with Crippen LogP contribution in [0.25, 0.3) is 32.4 Å². The summed E-state index contributed by atoms with van der Waals surface area (Å²) in [6.45, 7) is 3.45. The van der Waals surface area contributed by atoms with Gasteiger partial charge in [-0.1, -0.05) is 48.5 Å². The van der Waals surface area contributed by atoms with Crippen molar-refractivity contribution in [2.24, 2.45) is 0 Å². The Morgan fingerprint density at radius 1 is 0.710 bits per heavy atom. The van der Waals surface area contributed by atoms with Gasteiger partial charge < -0.3 is 9.80 Å². The third kappa shape index (κ3) is 3.27. The van der Waals surface area contributed by atoms with Crippen molar-refractivity contribution in [3.8, 4) is 11.3 Å². The average Bonchev–Trinajstić information content (AvgIpc) is 3.33. The summed E-state index contributed by atoms with van der Waals surface area (Å²) in [6, 6.07) is 20.7. The lowest BCUT2D eigenvalue weighted by molar-refractivity contribution is 0.637. The van der Waals surface area contributed by atoms with Crippen LogP contribution in [0.15, 0.2) is 72.4 Å². The minimum absolute atomic E-state index is 0.792. The summed E-state index contributed by atoms with van der Waals surface area (Å²) in [6.07, 6.45) is 1.67. The van der Waals surface area contributed by atoms with Gasteiger partial charge in [0, 0.05) is 37.1 Å². The lowest BCUT2D eigenvalue weighted by atomic mass is 10.1. The van der Waals surface area contributed by atoms with Gasteiger partial charge in [-0.25, -0.2) is 19.9 Å². The van der Waals surface area contributed by atoms with Gasteiger partial charge in [-0.05, 0) is 17.5 Å². The topological polar surface area (TPSA) is 58.0 Å². The summed E-state index contributed by atoms with van der Waals surface area (Å²) in [5, 5.41) is 4.29. The van der Waals surface area contributed by atoms with Gasteiger partial charge in [0.1, 0.15) is 17.0 Å². The highest BCUT2D eigenvalue weighted by molar-refractivity contribution is 7.16. The predicted molar refractivity (Wildman–Crippen MR) is 127 cm³/mol. The minimum Gasteiger partial charge on any atom is -0.352 e. The second-order valence-corrected chi connectivity index (χ2v) is 8.46. The molecule has 0 atom stereocenters. The third-order valence-corrected chi connectivity index (χ3v) is 6.56. The average molecular weight is 425 g/mol. The molecule has 0 unspecified atom stereocenters. The van der Waals surface area contributed by atoms with Crippen molar-refractivity contribution in [2.75, 3.05) is 36.0 Å². The predicted octanol–water partition coefficient (Wildman–Crippen LogP) is 4.63. The molecule has 2 aromatic carbocycles. The van der Waals surface area contributed by atoms with Crippen LogP contribution >= 0.6 is 11.3 Å². The Kier molecular flexibility index (Phi) is 4.46. The molecule has 0 spiro atoms. The van der Waals surface area contributed by atoms with Gasteiger partial charge in [0.25, 0.3) is 0 Å². The van der Waals surface area contributed by atoms with Crippen LogP contribution in [0.2, 0.25) is 0 Å². The molecule has 7 heteroatoms. The number of para-hydroxylation sites is 1. The SMILES string of the molecule is c1ccc(-c2nc(N3CCN(c4ncnc5sccc45)CC3)nc3ccccc23)cc1. The summed E-state index contributed by atoms with van der Waals surface area (Å²) < 4.78 is 0. The Morgan fingerprint density at radius 3 is 2.35 bits per heavy atom. The number of thiophene rings is 1. The van der Waals surface area contributed by atoms with Crippen molar-refractivity contribution in [1.29, 1.82) is 0 Å². The van der Waals surface area contributed by atoms with Gasteiger partial charge in [0.2, 0.25) is 5.95 Å². The van der Waals surface area contributed by atoms with Crippen LogP contribution in [0.4, 0.5) is 11.8 Å². The number of nitrogens with zero attached hydrogens (tertiary/aromatic N) is 6. The molecule has 0 aliphatic carbocycles. The molecule has 0 bridgehead atoms. The van der Waals surface area contributed by atoms with Crippen molar-refractivity contribution >= 4 is 44.2 Å². The number of aromatic nitrogens is 4. The molecule has 1 fully saturated rings. The lowest BCUT2D eigenvalue weighted by Gasteiger charge is -2.35. The Labute approximate surface area is 183 Å². The molecular weight excluding hydrogens is 404 g/mol. The zero-order chi connectivity index (χ0) is 20.6. The quantitative estimate of drug-likeness (QED) is 0.421. The van der Waals surface area contributed by atoms with E-state index in [-0.39, 0.29) is 0 Å². The Balaban J connectivity index is 1.32. The number of anilines is 2. The largest absolute Gasteiger partial charge is 0.352 e. The van der Waals surface area contributed by atoms with Crippen molar-refractivity contribution in [3.05, 3.63) is 72.4 Å². The summed E-state index contributed by atoms with van der Waals surface area (Å²) >= 11 is 1.66. The standard InChI is InChI=1S/C24H20N6S/c1-2-6-17(7-3-1)21-18-8-4-5-9-20(18)27-24(28-21)30-13-11-29(12-14-30)22-19-10-15-31-23(19)26-16-25-22/h1-10,15-16H,11-14H2. The zero-order valence-electron chi connectivity index (χ0n) is 16.8. The first-order valence-corrected chi connectivity index (χ1v) is 11.2. The number of benzene rings is 2. The van der Waals surface area contributed by atoms with Crippen LogP contribution < -0.4 is 9.80 Å².